The number of fused-ring (bicyclic) bond motifs is 1. The van der Waals surface area contributed by atoms with Gasteiger partial charge in [0, 0.05) is 19.2 Å². The summed E-state index contributed by atoms with van der Waals surface area (Å²) < 4.78 is 39.6. The van der Waals surface area contributed by atoms with E-state index in [1.807, 2.05) is 58.0 Å². The summed E-state index contributed by atoms with van der Waals surface area (Å²) in [5.41, 5.74) is 0.857. The minimum Gasteiger partial charge on any atom is -0.454 e. The van der Waals surface area contributed by atoms with Gasteiger partial charge >= 0.3 is 0 Å². The monoisotopic (exact) mass is 604 g/mol. The van der Waals surface area contributed by atoms with Crippen LogP contribution in [0.5, 0.6) is 11.5 Å². The van der Waals surface area contributed by atoms with Crippen molar-refractivity contribution in [2.24, 2.45) is 11.8 Å². The molecule has 0 aromatic heterocycles. The Bertz CT molecular complexity index is 1290. The van der Waals surface area contributed by atoms with E-state index in [-0.39, 0.29) is 55.5 Å². The summed E-state index contributed by atoms with van der Waals surface area (Å²) in [4.78, 5) is 25.9. The van der Waals surface area contributed by atoms with Crippen LogP contribution in [0.15, 0.2) is 53.4 Å². The van der Waals surface area contributed by atoms with Crippen LogP contribution >= 0.6 is 0 Å². The van der Waals surface area contributed by atoms with Crippen LogP contribution in [0.4, 0.5) is 0 Å². The van der Waals surface area contributed by atoms with Crippen LogP contribution < -0.4 is 25.4 Å². The van der Waals surface area contributed by atoms with Gasteiger partial charge in [-0.05, 0) is 43.0 Å². The lowest BCUT2D eigenvalue weighted by Crippen LogP contribution is -2.57. The fraction of sp³-hybridized carbons (Fsp3) is 0.533. The van der Waals surface area contributed by atoms with Crippen LogP contribution in [-0.4, -0.2) is 81.3 Å². The number of aliphatic hydroxyl groups excluding tert-OH is 1. The molecular formula is C30H44N4O7S. The molecule has 0 saturated carbocycles. The molecule has 0 fully saturated rings. The second-order valence-corrected chi connectivity index (χ2v) is 13.0. The number of sulfonamides is 1. The average molecular weight is 605 g/mol. The molecule has 232 valence electrons. The number of benzene rings is 2. The van der Waals surface area contributed by atoms with E-state index in [2.05, 4.69) is 16.0 Å². The van der Waals surface area contributed by atoms with Crippen LogP contribution in [0, 0.1) is 11.8 Å². The van der Waals surface area contributed by atoms with Gasteiger partial charge in [-0.1, -0.05) is 64.4 Å². The minimum absolute atomic E-state index is 0.0151. The highest BCUT2D eigenvalue weighted by Crippen LogP contribution is 2.35. The molecule has 4 atom stereocenters. The summed E-state index contributed by atoms with van der Waals surface area (Å²) in [7, 11) is -2.40. The van der Waals surface area contributed by atoms with E-state index in [1.54, 1.807) is 13.1 Å². The number of carbonyl (C=O) groups is 2. The molecule has 1 unspecified atom stereocenters. The zero-order chi connectivity index (χ0) is 30.9. The van der Waals surface area contributed by atoms with Crippen LogP contribution in [-0.2, 0) is 26.0 Å². The molecule has 1 heterocycles. The van der Waals surface area contributed by atoms with Gasteiger partial charge in [0.15, 0.2) is 11.5 Å². The first-order valence-electron chi connectivity index (χ1n) is 14.3. The maximum Gasteiger partial charge on any atom is 0.243 e. The number of likely N-dealkylation sites (N-methyl/N-ethyl adjacent to an activating group) is 1. The summed E-state index contributed by atoms with van der Waals surface area (Å²) in [5.74, 6) is -0.178. The maximum absolute atomic E-state index is 13.8. The Morgan fingerprint density at radius 3 is 2.33 bits per heavy atom. The smallest absolute Gasteiger partial charge is 0.243 e. The molecule has 12 heteroatoms. The molecular weight excluding hydrogens is 560 g/mol. The SMILES string of the molecule is CC[C@H](C)[C@H](NC(=O)CNC)C(=O)NC(Cc1ccccc1)[C@H](O)CN(CC(C)C)S(=O)(=O)c1ccc2c(c1)OCO2. The molecule has 11 nitrogen and oxygen atoms in total. The third kappa shape index (κ3) is 8.90. The van der Waals surface area contributed by atoms with E-state index >= 15 is 0 Å². The Hall–Kier alpha value is -3.19. The topological polar surface area (TPSA) is 146 Å². The van der Waals surface area contributed by atoms with E-state index in [1.165, 1.54) is 16.4 Å². The van der Waals surface area contributed by atoms with Gasteiger partial charge in [-0.25, -0.2) is 8.42 Å². The van der Waals surface area contributed by atoms with E-state index in [0.29, 0.717) is 17.9 Å². The number of carbonyl (C=O) groups excluding carboxylic acids is 2. The summed E-state index contributed by atoms with van der Waals surface area (Å²) in [6, 6.07) is 12.1. The molecule has 3 rings (SSSR count). The number of hydrogen-bond donors (Lipinski definition) is 4. The van der Waals surface area contributed by atoms with Gasteiger partial charge < -0.3 is 30.5 Å². The molecule has 1 aliphatic rings. The number of amides is 2. The Morgan fingerprint density at radius 2 is 1.69 bits per heavy atom. The van der Waals surface area contributed by atoms with Gasteiger partial charge in [0.05, 0.1) is 23.6 Å². The van der Waals surface area contributed by atoms with Crippen LogP contribution in [0.2, 0.25) is 0 Å². The lowest BCUT2D eigenvalue weighted by atomic mass is 9.96. The molecule has 2 amide bonds. The number of nitrogens with zero attached hydrogens (tertiary/aromatic N) is 1. The Labute approximate surface area is 249 Å². The third-order valence-electron chi connectivity index (χ3n) is 7.18. The molecule has 4 N–H and O–H groups in total. The first-order chi connectivity index (χ1) is 20.0. The van der Waals surface area contributed by atoms with E-state index in [9.17, 15) is 23.1 Å². The second kappa shape index (κ2) is 15.3. The highest BCUT2D eigenvalue weighted by Gasteiger charge is 2.34. The minimum atomic E-state index is -4.04. The van der Waals surface area contributed by atoms with Crippen LogP contribution in [0.1, 0.15) is 39.7 Å². The van der Waals surface area contributed by atoms with Crippen molar-refractivity contribution in [3.8, 4) is 11.5 Å². The Morgan fingerprint density at radius 1 is 1.00 bits per heavy atom. The van der Waals surface area contributed by atoms with Gasteiger partial charge in [0.2, 0.25) is 28.6 Å². The van der Waals surface area contributed by atoms with Gasteiger partial charge in [-0.2, -0.15) is 4.31 Å². The molecule has 0 radical (unpaired) electrons. The third-order valence-corrected chi connectivity index (χ3v) is 9.01. The quantitative estimate of drug-likeness (QED) is 0.227. The summed E-state index contributed by atoms with van der Waals surface area (Å²) in [6.07, 6.45) is -0.368. The first-order valence-corrected chi connectivity index (χ1v) is 15.8. The summed E-state index contributed by atoms with van der Waals surface area (Å²) in [5, 5.41) is 20.0. The van der Waals surface area contributed by atoms with Crippen molar-refractivity contribution in [2.45, 2.75) is 63.6 Å². The molecule has 42 heavy (non-hydrogen) atoms. The van der Waals surface area contributed by atoms with Crippen LogP contribution in [0.3, 0.4) is 0 Å². The molecule has 2 aromatic rings. The highest BCUT2D eigenvalue weighted by molar-refractivity contribution is 7.89. The number of ether oxygens (including phenoxy) is 2. The van der Waals surface area contributed by atoms with Crippen molar-refractivity contribution in [3.05, 3.63) is 54.1 Å². The summed E-state index contributed by atoms with van der Waals surface area (Å²) in [6.45, 7) is 7.54. The van der Waals surface area contributed by atoms with Crippen molar-refractivity contribution < 1.29 is 32.6 Å². The van der Waals surface area contributed by atoms with Crippen molar-refractivity contribution in [2.75, 3.05) is 33.5 Å². The van der Waals surface area contributed by atoms with Crippen LogP contribution in [0.25, 0.3) is 0 Å². The fourth-order valence-corrected chi connectivity index (χ4v) is 6.35. The zero-order valence-corrected chi connectivity index (χ0v) is 25.8. The largest absolute Gasteiger partial charge is 0.454 e. The molecule has 0 saturated heterocycles. The Kier molecular flexibility index (Phi) is 12.2. The van der Waals surface area contributed by atoms with Gasteiger partial charge in [0.1, 0.15) is 6.04 Å². The Balaban J connectivity index is 1.89. The summed E-state index contributed by atoms with van der Waals surface area (Å²) >= 11 is 0. The molecule has 1 aliphatic heterocycles. The van der Waals surface area contributed by atoms with Gasteiger partial charge in [-0.3, -0.25) is 9.59 Å². The number of aliphatic hydroxyl groups is 1. The average Bonchev–Trinajstić information content (AvgIpc) is 3.43. The highest BCUT2D eigenvalue weighted by atomic mass is 32.2. The maximum atomic E-state index is 13.8. The van der Waals surface area contributed by atoms with Crippen molar-refractivity contribution in [3.63, 3.8) is 0 Å². The standard InChI is InChI=1S/C30H44N4O7S/c1-6-21(4)29(33-28(36)16-31-5)30(37)32-24(14-22-10-8-7-9-11-22)25(35)18-34(17-20(2)3)42(38,39)23-12-13-26-27(15-23)41-19-40-26/h7-13,15,20-21,24-25,29,31,35H,6,14,16-19H2,1-5H3,(H,32,37)(H,33,36)/t21-,24?,25+,29-/m0/s1. The first kappa shape index (κ1) is 33.3. The predicted octanol–water partition coefficient (Wildman–Crippen LogP) is 1.90. The van der Waals surface area contributed by atoms with E-state index in [0.717, 1.165) is 5.56 Å². The predicted molar refractivity (Wildman–Crippen MR) is 160 cm³/mol. The van der Waals surface area contributed by atoms with E-state index < -0.39 is 34.1 Å². The van der Waals surface area contributed by atoms with Gasteiger partial charge in [-0.15, -0.1) is 0 Å². The van der Waals surface area contributed by atoms with Crippen molar-refractivity contribution in [1.29, 1.82) is 0 Å². The molecule has 0 bridgehead atoms. The lowest BCUT2D eigenvalue weighted by molar-refractivity contribution is -0.130. The fourth-order valence-electron chi connectivity index (χ4n) is 4.71. The van der Waals surface area contributed by atoms with Crippen molar-refractivity contribution >= 4 is 21.8 Å². The van der Waals surface area contributed by atoms with Gasteiger partial charge in [0.25, 0.3) is 0 Å². The normalized spacial score (nSPS) is 15.7. The number of nitrogens with one attached hydrogen (secondary N) is 3. The van der Waals surface area contributed by atoms with E-state index in [4.69, 9.17) is 9.47 Å². The number of rotatable bonds is 16. The molecule has 2 aromatic carbocycles. The molecule has 0 aliphatic carbocycles. The molecule has 0 spiro atoms. The van der Waals surface area contributed by atoms with Crippen molar-refractivity contribution in [1.82, 2.24) is 20.3 Å². The lowest BCUT2D eigenvalue weighted by Gasteiger charge is -2.32. The zero-order valence-electron chi connectivity index (χ0n) is 25.0. The second-order valence-electron chi connectivity index (χ2n) is 11.1. The number of hydrogen-bond acceptors (Lipinski definition) is 8.